The van der Waals surface area contributed by atoms with Gasteiger partial charge in [-0.2, -0.15) is 0 Å². The van der Waals surface area contributed by atoms with E-state index in [1.807, 2.05) is 88.7 Å². The number of anilines is 3. The van der Waals surface area contributed by atoms with Crippen molar-refractivity contribution in [2.24, 2.45) is 35.5 Å². The van der Waals surface area contributed by atoms with Crippen molar-refractivity contribution in [2.45, 2.75) is 44.9 Å². The zero-order chi connectivity index (χ0) is 47.8. The van der Waals surface area contributed by atoms with Crippen molar-refractivity contribution >= 4 is 57.9 Å². The van der Waals surface area contributed by atoms with E-state index >= 15 is 0 Å². The second-order valence-corrected chi connectivity index (χ2v) is 19.2. The van der Waals surface area contributed by atoms with Gasteiger partial charge in [0.1, 0.15) is 0 Å². The van der Waals surface area contributed by atoms with Gasteiger partial charge in [0.25, 0.3) is 0 Å². The van der Waals surface area contributed by atoms with Crippen LogP contribution in [0, 0.1) is 35.5 Å². The summed E-state index contributed by atoms with van der Waals surface area (Å²) >= 11 is 5.04. The maximum atomic E-state index is 12.7. The largest absolute Gasteiger partial charge is 0.453 e. The third kappa shape index (κ3) is 15.3. The average molecular weight is 948 g/mol. The minimum absolute atomic E-state index is 0.157. The number of carbonyl (C=O) groups is 5. The number of hydrogen-bond acceptors (Lipinski definition) is 9. The van der Waals surface area contributed by atoms with E-state index in [9.17, 15) is 24.0 Å². The van der Waals surface area contributed by atoms with Crippen LogP contribution in [0.3, 0.4) is 0 Å². The van der Waals surface area contributed by atoms with Crippen molar-refractivity contribution in [1.29, 1.82) is 0 Å². The molecule has 0 radical (unpaired) electrons. The van der Waals surface area contributed by atoms with Crippen LogP contribution in [-0.2, 0) is 30.3 Å². The smallest absolute Gasteiger partial charge is 0.409 e. The molecule has 1 N–H and O–H groups in total. The molecule has 0 aromatic heterocycles. The van der Waals surface area contributed by atoms with E-state index in [2.05, 4.69) is 57.4 Å². The Morgan fingerprint density at radius 3 is 1.34 bits per heavy atom. The Morgan fingerprint density at radius 1 is 0.544 bits per heavy atom. The number of nitrogens with zero attached hydrogens (tertiary/aromatic N) is 5. The number of para-hydroxylation sites is 3. The zero-order valence-electron chi connectivity index (χ0n) is 39.5. The fraction of sp³-hybridized carbons (Fsp3) is 0.463. The average Bonchev–Trinajstić information content (AvgIpc) is 4.16. The van der Waals surface area contributed by atoms with Crippen molar-refractivity contribution in [1.82, 2.24) is 14.7 Å². The first kappa shape index (κ1) is 50.0. The van der Waals surface area contributed by atoms with E-state index in [1.54, 1.807) is 9.80 Å². The van der Waals surface area contributed by atoms with Gasteiger partial charge in [0.2, 0.25) is 17.1 Å². The number of nitrogens with one attached hydrogen (secondary N) is 1. The van der Waals surface area contributed by atoms with Gasteiger partial charge in [0, 0.05) is 118 Å². The van der Waals surface area contributed by atoms with Gasteiger partial charge in [-0.05, 0) is 98.5 Å². The van der Waals surface area contributed by atoms with E-state index in [0.717, 1.165) is 108 Å². The fourth-order valence-corrected chi connectivity index (χ4v) is 8.67. The molecule has 6 fully saturated rings. The normalized spacial score (nSPS) is 17.6. The van der Waals surface area contributed by atoms with Crippen LogP contribution in [0.1, 0.15) is 44.1 Å². The van der Waals surface area contributed by atoms with Gasteiger partial charge in [-0.1, -0.05) is 84.9 Å². The van der Waals surface area contributed by atoms with Crippen molar-refractivity contribution in [2.75, 3.05) is 94.8 Å². The van der Waals surface area contributed by atoms with Gasteiger partial charge in [-0.3, -0.25) is 14.4 Å². The Morgan fingerprint density at radius 2 is 0.941 bits per heavy atom. The maximum absolute atomic E-state index is 12.7. The van der Waals surface area contributed by atoms with Crippen LogP contribution >= 0.6 is 11.6 Å². The summed E-state index contributed by atoms with van der Waals surface area (Å²) in [5.41, 5.74) is 4.54. The molecule has 3 saturated heterocycles. The lowest BCUT2D eigenvalue weighted by atomic mass is 9.98. The number of ether oxygens (including phenoxy) is 2. The van der Waals surface area contributed by atoms with E-state index in [-0.39, 0.29) is 41.1 Å². The molecule has 4 aromatic carbocycles. The molecule has 3 aliphatic carbocycles. The number of hydrogen-bond donors (Lipinski definition) is 1. The highest BCUT2D eigenvalue weighted by Gasteiger charge is 2.39. The van der Waals surface area contributed by atoms with Crippen molar-refractivity contribution in [3.8, 4) is 0 Å². The summed E-state index contributed by atoms with van der Waals surface area (Å²) in [6.07, 6.45) is 6.76. The molecule has 13 nitrogen and oxygen atoms in total. The third-order valence-electron chi connectivity index (χ3n) is 13.0. The Balaban J connectivity index is 0.000000145. The predicted octanol–water partition coefficient (Wildman–Crippen LogP) is 8.69. The van der Waals surface area contributed by atoms with E-state index in [4.69, 9.17) is 16.3 Å². The molecule has 10 rings (SSSR count). The van der Waals surface area contributed by atoms with Gasteiger partial charge in [-0.25, -0.2) is 9.59 Å². The number of rotatable bonds is 15. The molecule has 14 heteroatoms. The maximum Gasteiger partial charge on any atom is 0.409 e. The van der Waals surface area contributed by atoms with Gasteiger partial charge < -0.3 is 39.3 Å². The van der Waals surface area contributed by atoms with Crippen molar-refractivity contribution in [3.05, 3.63) is 127 Å². The van der Waals surface area contributed by atoms with Gasteiger partial charge in [-0.15, -0.1) is 0 Å². The van der Waals surface area contributed by atoms with E-state index < -0.39 is 0 Å². The minimum Gasteiger partial charge on any atom is -0.453 e. The second-order valence-electron chi connectivity index (χ2n) is 18.8. The molecule has 6 aliphatic rings. The van der Waals surface area contributed by atoms with E-state index in [0.29, 0.717) is 43.3 Å². The monoisotopic (exact) mass is 946 g/mol. The van der Waals surface area contributed by atoms with Crippen LogP contribution in [0.15, 0.2) is 121 Å². The summed E-state index contributed by atoms with van der Waals surface area (Å²) in [5.74, 6) is 2.69. The molecule has 68 heavy (non-hydrogen) atoms. The van der Waals surface area contributed by atoms with Crippen LogP contribution in [0.4, 0.5) is 26.7 Å². The molecule has 3 aliphatic heterocycles. The molecule has 3 saturated carbocycles. The number of likely N-dealkylation sites (tertiary alicyclic amines) is 3. The molecule has 362 valence electrons. The SMILES string of the molecule is COC(=O)N1CC(CN(C(=O)C2CC2)c2ccccc2)C1.COC(=O)N1CC(CNc2ccccc2)C1.O=C(C1CC1)N(CC1CN(CCc2ccccc2)C1)c1ccccc1.O=C(Cl)C1CC1. The van der Waals surface area contributed by atoms with Crippen molar-refractivity contribution in [3.63, 3.8) is 0 Å². The fourth-order valence-electron chi connectivity index (χ4n) is 8.45. The van der Waals surface area contributed by atoms with Crippen LogP contribution in [-0.4, -0.2) is 124 Å². The summed E-state index contributed by atoms with van der Waals surface area (Å²) < 4.78 is 9.33. The molecule has 3 heterocycles. The Hall–Kier alpha value is -5.92. The topological polar surface area (TPSA) is 132 Å². The Kier molecular flexibility index (Phi) is 18.3. The Bertz CT molecular complexity index is 2210. The van der Waals surface area contributed by atoms with Crippen LogP contribution in [0.5, 0.6) is 0 Å². The summed E-state index contributed by atoms with van der Waals surface area (Å²) in [6, 6.07) is 40.7. The standard InChI is InChI=1S/C22H26N2O.C16H20N2O3.C12H16N2O2.C4H5ClO/c25-22(20-11-12-20)24(21-9-5-2-6-10-21)17-19-15-23(16-19)14-13-18-7-3-1-4-8-18;1-21-16(20)17-9-12(10-17)11-18(15(19)13-7-8-13)14-5-3-2-4-6-14;1-16-12(15)14-8-10(9-14)7-13-11-5-3-2-4-6-11;5-4(6)3-1-2-3/h1-10,19-20H,11-17H2;2-6,12-13H,7-11H2,1H3;2-6,10,13H,7-9H2,1H3;3H,1-2H2. The highest BCUT2D eigenvalue weighted by atomic mass is 35.5. The lowest BCUT2D eigenvalue weighted by Crippen LogP contribution is -2.54. The third-order valence-corrected chi connectivity index (χ3v) is 13.4. The van der Waals surface area contributed by atoms with Gasteiger partial charge in [0.15, 0.2) is 0 Å². The minimum atomic E-state index is -0.286. The molecule has 0 unspecified atom stereocenters. The molecule has 0 spiro atoms. The van der Waals surface area contributed by atoms with E-state index in [1.165, 1.54) is 19.8 Å². The molecular weight excluding hydrogens is 880 g/mol. The quantitative estimate of drug-likeness (QED) is 0.116. The summed E-state index contributed by atoms with van der Waals surface area (Å²) in [6.45, 7) is 8.65. The zero-order valence-corrected chi connectivity index (χ0v) is 40.3. The summed E-state index contributed by atoms with van der Waals surface area (Å²) in [7, 11) is 2.81. The first-order chi connectivity index (χ1) is 33.1. The lowest BCUT2D eigenvalue weighted by Gasteiger charge is -2.41. The predicted molar refractivity (Wildman–Crippen MR) is 267 cm³/mol. The number of methoxy groups -OCH3 is 2. The summed E-state index contributed by atoms with van der Waals surface area (Å²) in [5, 5.41) is 3.19. The molecule has 4 aromatic rings. The highest BCUT2D eigenvalue weighted by Crippen LogP contribution is 2.35. The first-order valence-electron chi connectivity index (χ1n) is 24.2. The number of amides is 4. The number of carbonyl (C=O) groups excluding carboxylic acids is 5. The molecular formula is C54H67ClN6O7. The molecule has 4 amide bonds. The number of halogens is 1. The van der Waals surface area contributed by atoms with Gasteiger partial charge >= 0.3 is 12.2 Å². The van der Waals surface area contributed by atoms with Crippen LogP contribution in [0.25, 0.3) is 0 Å². The second kappa shape index (κ2) is 24.9. The number of benzene rings is 4. The van der Waals surface area contributed by atoms with Gasteiger partial charge in [0.05, 0.1) is 14.2 Å². The van der Waals surface area contributed by atoms with Crippen LogP contribution < -0.4 is 15.1 Å². The molecule has 0 bridgehead atoms. The Labute approximate surface area is 406 Å². The van der Waals surface area contributed by atoms with Crippen LogP contribution in [0.2, 0.25) is 0 Å². The lowest BCUT2D eigenvalue weighted by molar-refractivity contribution is -0.120. The summed E-state index contributed by atoms with van der Waals surface area (Å²) in [4.78, 5) is 67.4. The molecule has 0 atom stereocenters. The highest BCUT2D eigenvalue weighted by molar-refractivity contribution is 6.64. The van der Waals surface area contributed by atoms with Crippen molar-refractivity contribution < 1.29 is 33.4 Å². The first-order valence-corrected chi connectivity index (χ1v) is 24.6.